The van der Waals surface area contributed by atoms with Gasteiger partial charge in [0.1, 0.15) is 30.6 Å². The SMILES string of the molecule is CCCc1c(-c2sc(-c3ccc(N(c4ccc(OC)cc4)c4ccc5c(c4)-c4c6c(c7c(c4C5(CCC)CCC)-c4ccccc4C7(CCC)CCC)-c4ccccc4C6(CCC)CCC)cc3)c3c2OCCO3)sc2cc(/C=C(/C#N)C(=O)O)sc12. The van der Waals surface area contributed by atoms with Crippen molar-refractivity contribution in [1.82, 2.24) is 0 Å². The van der Waals surface area contributed by atoms with Crippen LogP contribution >= 0.6 is 34.0 Å². The average molecular weight is 1210 g/mol. The molecule has 0 saturated carbocycles. The smallest absolute Gasteiger partial charge is 0.346 e. The maximum atomic E-state index is 11.8. The van der Waals surface area contributed by atoms with Crippen LogP contribution in [0.3, 0.4) is 0 Å². The van der Waals surface area contributed by atoms with Crippen LogP contribution in [0.25, 0.3) is 69.1 Å². The molecule has 6 aromatic carbocycles. The first-order chi connectivity index (χ1) is 42.5. The summed E-state index contributed by atoms with van der Waals surface area (Å²) in [5, 5.41) is 19.2. The Balaban J connectivity index is 1.02. The molecule has 0 atom stereocenters. The first kappa shape index (κ1) is 58.6. The summed E-state index contributed by atoms with van der Waals surface area (Å²) in [5.74, 6) is 1.14. The van der Waals surface area contributed by atoms with Crippen LogP contribution in [0.5, 0.6) is 17.2 Å². The Kier molecular flexibility index (Phi) is 15.9. The second kappa shape index (κ2) is 23.6. The zero-order chi connectivity index (χ0) is 60.4. The molecule has 0 amide bonds. The summed E-state index contributed by atoms with van der Waals surface area (Å²) in [6, 6.07) is 48.3. The number of aliphatic carboxylic acids is 1. The number of ether oxygens (including phenoxy) is 3. The highest BCUT2D eigenvalue weighted by Gasteiger charge is 2.57. The quantitative estimate of drug-likeness (QED) is 0.0534. The van der Waals surface area contributed by atoms with Crippen molar-refractivity contribution in [2.45, 2.75) is 155 Å². The summed E-state index contributed by atoms with van der Waals surface area (Å²) in [4.78, 5) is 18.2. The summed E-state index contributed by atoms with van der Waals surface area (Å²) in [5.41, 5.74) is 23.1. The van der Waals surface area contributed by atoms with Crippen LogP contribution in [-0.2, 0) is 27.5 Å². The molecule has 444 valence electrons. The minimum Gasteiger partial charge on any atom is -0.497 e. The van der Waals surface area contributed by atoms with Gasteiger partial charge in [-0.25, -0.2) is 4.79 Å². The molecule has 0 fully saturated rings. The second-order valence-corrected chi connectivity index (χ2v) is 27.6. The number of carbonyl (C=O) groups is 1. The van der Waals surface area contributed by atoms with Crippen LogP contribution in [0, 0.1) is 11.3 Å². The molecule has 87 heavy (non-hydrogen) atoms. The number of carboxylic acid groups (broad SMARTS) is 1. The molecular formula is C77H78N2O5S3. The lowest BCUT2D eigenvalue weighted by Crippen LogP contribution is -2.30. The van der Waals surface area contributed by atoms with E-state index in [2.05, 4.69) is 169 Å². The van der Waals surface area contributed by atoms with Crippen LogP contribution in [0.4, 0.5) is 17.1 Å². The molecule has 9 aromatic rings. The van der Waals surface area contributed by atoms with Crippen molar-refractivity contribution in [3.8, 4) is 76.9 Å². The highest BCUT2D eigenvalue weighted by molar-refractivity contribution is 7.32. The maximum absolute atomic E-state index is 11.8. The third kappa shape index (κ3) is 9.06. The number of methoxy groups -OCH3 is 1. The largest absolute Gasteiger partial charge is 0.497 e. The molecule has 10 heteroatoms. The average Bonchev–Trinajstić information content (AvgIpc) is 1.49. The van der Waals surface area contributed by atoms with Crippen molar-refractivity contribution in [2.24, 2.45) is 0 Å². The predicted octanol–water partition coefficient (Wildman–Crippen LogP) is 22.2. The van der Waals surface area contributed by atoms with Gasteiger partial charge in [0.2, 0.25) is 0 Å². The fourth-order valence-electron chi connectivity index (χ4n) is 16.6. The van der Waals surface area contributed by atoms with Gasteiger partial charge in [0.05, 0.1) is 21.7 Å². The van der Waals surface area contributed by atoms with E-state index in [1.165, 1.54) is 45.0 Å². The van der Waals surface area contributed by atoms with Crippen molar-refractivity contribution < 1.29 is 24.1 Å². The van der Waals surface area contributed by atoms with Gasteiger partial charge in [-0.15, -0.1) is 34.0 Å². The predicted molar refractivity (Wildman–Crippen MR) is 364 cm³/mol. The van der Waals surface area contributed by atoms with Gasteiger partial charge in [-0.1, -0.05) is 160 Å². The van der Waals surface area contributed by atoms with Gasteiger partial charge in [-0.2, -0.15) is 5.26 Å². The minimum atomic E-state index is -1.22. The molecule has 0 saturated heterocycles. The van der Waals surface area contributed by atoms with Crippen LogP contribution in [-0.4, -0.2) is 31.4 Å². The third-order valence-corrected chi connectivity index (χ3v) is 23.2. The number of aryl methyl sites for hydroxylation is 1. The zero-order valence-electron chi connectivity index (χ0n) is 51.6. The van der Waals surface area contributed by atoms with Crippen molar-refractivity contribution in [2.75, 3.05) is 25.2 Å². The Hall–Kier alpha value is -7.42. The normalized spacial score (nSPS) is 15.1. The number of nitrogens with zero attached hydrogens (tertiary/aromatic N) is 2. The summed E-state index contributed by atoms with van der Waals surface area (Å²) < 4.78 is 21.1. The molecule has 1 aliphatic heterocycles. The molecule has 13 rings (SSSR count). The number of anilines is 3. The van der Waals surface area contributed by atoms with Crippen molar-refractivity contribution in [3.63, 3.8) is 0 Å². The van der Waals surface area contributed by atoms with Crippen LogP contribution in [0.15, 0.2) is 127 Å². The number of hydrogen-bond acceptors (Lipinski definition) is 9. The maximum Gasteiger partial charge on any atom is 0.346 e. The number of carboxylic acids is 1. The molecule has 4 heterocycles. The van der Waals surface area contributed by atoms with Crippen molar-refractivity contribution in [3.05, 3.63) is 171 Å². The lowest BCUT2D eigenvalue weighted by molar-refractivity contribution is -0.132. The molecule has 0 radical (unpaired) electrons. The molecule has 0 bridgehead atoms. The van der Waals surface area contributed by atoms with Gasteiger partial charge < -0.3 is 24.2 Å². The molecular weight excluding hydrogens is 1130 g/mol. The van der Waals surface area contributed by atoms with Crippen molar-refractivity contribution in [1.29, 1.82) is 5.26 Å². The lowest BCUT2D eigenvalue weighted by atomic mass is 9.64. The standard InChI is InChI=1S/C77H78N2O5S3/c1-9-20-56-71-61(45-53(85-71)43-48(46-78)74(80)81)86-72(56)73-69-68(83-41-42-84-69)70(87-73)47-25-27-49(28-26-47)79(50-29-32-52(82-8)33-30-50)51-31-34-60-57(44-51)64-66-62(55-22-17-19-24-59(55)76(66,37-12-4)38-13-5)65-63(67(64)77(60,39-14-6)40-15-7)54-21-16-18-23-58(54)75(65,35-10-2)36-11-3/h16-19,21-34,43-45H,9-15,20,35-42H2,1-8H3,(H,80,81)/b48-43-. The Morgan fingerprint density at radius 3 is 1.55 bits per heavy atom. The van der Waals surface area contributed by atoms with E-state index in [4.69, 9.17) is 14.2 Å². The molecule has 3 aromatic heterocycles. The van der Waals surface area contributed by atoms with E-state index in [1.807, 2.05) is 12.1 Å². The number of fused-ring (bicyclic) bond motifs is 14. The number of nitriles is 1. The first-order valence-electron chi connectivity index (χ1n) is 32.0. The summed E-state index contributed by atoms with van der Waals surface area (Å²) in [6.07, 6.45) is 16.5. The van der Waals surface area contributed by atoms with E-state index in [1.54, 1.807) is 74.5 Å². The topological polar surface area (TPSA) is 92.0 Å². The summed E-state index contributed by atoms with van der Waals surface area (Å²) in [7, 11) is 1.74. The Bertz CT molecular complexity index is 4160. The number of hydrogen-bond donors (Lipinski definition) is 1. The van der Waals surface area contributed by atoms with Gasteiger partial charge in [0.25, 0.3) is 0 Å². The molecule has 0 unspecified atom stereocenters. The van der Waals surface area contributed by atoms with Gasteiger partial charge in [0, 0.05) is 47.6 Å². The Morgan fingerprint density at radius 2 is 1.06 bits per heavy atom. The molecule has 4 aliphatic rings. The molecule has 1 N–H and O–H groups in total. The highest BCUT2D eigenvalue weighted by atomic mass is 32.1. The fourth-order valence-corrected chi connectivity index (χ4v) is 20.6. The van der Waals surface area contributed by atoms with Gasteiger partial charge >= 0.3 is 5.97 Å². The highest BCUT2D eigenvalue weighted by Crippen LogP contribution is 2.71. The molecule has 7 nitrogen and oxygen atoms in total. The Labute approximate surface area is 525 Å². The van der Waals surface area contributed by atoms with E-state index in [-0.39, 0.29) is 21.8 Å². The lowest BCUT2D eigenvalue weighted by Gasteiger charge is -2.39. The zero-order valence-corrected chi connectivity index (χ0v) is 54.1. The second-order valence-electron chi connectivity index (χ2n) is 24.5. The van der Waals surface area contributed by atoms with Gasteiger partial charge in [-0.05, 0) is 184 Å². The summed E-state index contributed by atoms with van der Waals surface area (Å²) >= 11 is 4.96. The fraction of sp³-hybridized carbons (Fsp3) is 0.351. The van der Waals surface area contributed by atoms with Crippen LogP contribution in [0.2, 0.25) is 0 Å². The number of thiophene rings is 3. The number of rotatable bonds is 22. The van der Waals surface area contributed by atoms with E-state index in [9.17, 15) is 15.2 Å². The van der Waals surface area contributed by atoms with Gasteiger partial charge in [0.15, 0.2) is 11.5 Å². The van der Waals surface area contributed by atoms with Crippen LogP contribution in [0.1, 0.15) is 176 Å². The van der Waals surface area contributed by atoms with E-state index < -0.39 is 5.97 Å². The van der Waals surface area contributed by atoms with Crippen molar-refractivity contribution >= 4 is 72.5 Å². The monoisotopic (exact) mass is 1210 g/mol. The van der Waals surface area contributed by atoms with Gasteiger partial charge in [-0.3, -0.25) is 0 Å². The Morgan fingerprint density at radius 1 is 0.575 bits per heavy atom. The third-order valence-electron chi connectivity index (χ3n) is 19.4. The van der Waals surface area contributed by atoms with E-state index >= 15 is 0 Å². The minimum absolute atomic E-state index is 0.0989. The number of benzene rings is 6. The van der Waals surface area contributed by atoms with Crippen LogP contribution < -0.4 is 19.1 Å². The summed E-state index contributed by atoms with van der Waals surface area (Å²) in [6.45, 7) is 17.6. The van der Waals surface area contributed by atoms with E-state index in [0.717, 1.165) is 159 Å². The van der Waals surface area contributed by atoms with E-state index in [0.29, 0.717) is 13.2 Å². The molecule has 0 spiro atoms. The molecule has 3 aliphatic carbocycles. The first-order valence-corrected chi connectivity index (χ1v) is 34.5.